The Labute approximate surface area is 146 Å². The van der Waals surface area contributed by atoms with Gasteiger partial charge in [-0.2, -0.15) is 5.10 Å². The topological polar surface area (TPSA) is 76.5 Å². The van der Waals surface area contributed by atoms with Gasteiger partial charge in [0.15, 0.2) is 6.10 Å². The van der Waals surface area contributed by atoms with Gasteiger partial charge in [0.1, 0.15) is 5.75 Å². The summed E-state index contributed by atoms with van der Waals surface area (Å²) in [4.78, 5) is 26.4. The number of hydrogen-bond acceptors (Lipinski definition) is 4. The van der Waals surface area contributed by atoms with Crippen LogP contribution in [0.15, 0.2) is 24.3 Å². The van der Waals surface area contributed by atoms with Crippen molar-refractivity contribution in [2.75, 3.05) is 16.8 Å². The second-order valence-electron chi connectivity index (χ2n) is 6.19. The number of nitrogens with one attached hydrogen (secondary N) is 1. The molecule has 0 saturated heterocycles. The summed E-state index contributed by atoms with van der Waals surface area (Å²) in [6, 6.07) is 7.36. The maximum atomic E-state index is 12.4. The largest absolute Gasteiger partial charge is 0.479 e. The lowest BCUT2D eigenvalue weighted by molar-refractivity contribution is -0.125. The predicted molar refractivity (Wildman–Crippen MR) is 94.8 cm³/mol. The molecule has 2 amide bonds. The number of nitrogens with zero attached hydrogens (tertiary/aromatic N) is 3. The SMILES string of the molecule is Cc1nn(C)c(C)c1NC(=O)CCN1C(=O)[C@H](C)Oc2ccccc21. The molecule has 1 atom stereocenters. The maximum absolute atomic E-state index is 12.4. The van der Waals surface area contributed by atoms with Crippen LogP contribution in [0.1, 0.15) is 24.7 Å². The van der Waals surface area contributed by atoms with Crippen LogP contribution in [0.2, 0.25) is 0 Å². The highest BCUT2D eigenvalue weighted by atomic mass is 16.5. The first-order chi connectivity index (χ1) is 11.9. The number of rotatable bonds is 4. The van der Waals surface area contributed by atoms with Crippen LogP contribution in [0.5, 0.6) is 5.75 Å². The van der Waals surface area contributed by atoms with Crippen LogP contribution in [0, 0.1) is 13.8 Å². The summed E-state index contributed by atoms with van der Waals surface area (Å²) in [6.45, 7) is 5.77. The molecule has 1 aliphatic heterocycles. The van der Waals surface area contributed by atoms with E-state index in [1.165, 1.54) is 0 Å². The maximum Gasteiger partial charge on any atom is 0.267 e. The van der Waals surface area contributed by atoms with Crippen molar-refractivity contribution in [3.8, 4) is 5.75 Å². The van der Waals surface area contributed by atoms with E-state index in [0.717, 1.165) is 17.1 Å². The molecule has 0 bridgehead atoms. The Balaban J connectivity index is 1.70. The number of para-hydroxylation sites is 2. The highest BCUT2D eigenvalue weighted by Gasteiger charge is 2.31. The van der Waals surface area contributed by atoms with Crippen LogP contribution in [0.25, 0.3) is 0 Å². The molecule has 7 nitrogen and oxygen atoms in total. The third kappa shape index (κ3) is 3.22. The molecule has 132 valence electrons. The lowest BCUT2D eigenvalue weighted by atomic mass is 10.1. The van der Waals surface area contributed by atoms with Crippen molar-refractivity contribution < 1.29 is 14.3 Å². The Hall–Kier alpha value is -2.83. The van der Waals surface area contributed by atoms with Gasteiger partial charge in [-0.05, 0) is 32.9 Å². The van der Waals surface area contributed by atoms with E-state index in [9.17, 15) is 9.59 Å². The predicted octanol–water partition coefficient (Wildman–Crippen LogP) is 2.18. The number of carbonyl (C=O) groups excluding carboxylic acids is 2. The number of carbonyl (C=O) groups is 2. The van der Waals surface area contributed by atoms with Crippen LogP contribution in [-0.2, 0) is 16.6 Å². The molecule has 0 saturated carbocycles. The highest BCUT2D eigenvalue weighted by molar-refractivity contribution is 6.01. The normalized spacial score (nSPS) is 16.4. The number of aryl methyl sites for hydroxylation is 2. The molecule has 1 aromatic heterocycles. The van der Waals surface area contributed by atoms with E-state index in [2.05, 4.69) is 10.4 Å². The van der Waals surface area contributed by atoms with Crippen molar-refractivity contribution in [1.82, 2.24) is 9.78 Å². The van der Waals surface area contributed by atoms with Crippen molar-refractivity contribution in [2.24, 2.45) is 7.05 Å². The molecule has 7 heteroatoms. The number of hydrogen-bond donors (Lipinski definition) is 1. The van der Waals surface area contributed by atoms with Crippen molar-refractivity contribution in [1.29, 1.82) is 0 Å². The van der Waals surface area contributed by atoms with Crippen molar-refractivity contribution in [3.05, 3.63) is 35.7 Å². The van der Waals surface area contributed by atoms with Crippen molar-refractivity contribution in [2.45, 2.75) is 33.3 Å². The molecule has 2 heterocycles. The summed E-state index contributed by atoms with van der Waals surface area (Å²) < 4.78 is 7.34. The molecule has 0 unspecified atom stereocenters. The zero-order valence-corrected chi connectivity index (χ0v) is 14.9. The Kier molecular flexibility index (Phi) is 4.48. The van der Waals surface area contributed by atoms with E-state index in [1.54, 1.807) is 16.5 Å². The summed E-state index contributed by atoms with van der Waals surface area (Å²) in [5.74, 6) is 0.373. The van der Waals surface area contributed by atoms with Gasteiger partial charge in [-0.1, -0.05) is 12.1 Å². The summed E-state index contributed by atoms with van der Waals surface area (Å²) in [5, 5.41) is 7.18. The molecule has 1 aliphatic rings. The zero-order chi connectivity index (χ0) is 18.1. The Bertz CT molecular complexity index is 828. The summed E-state index contributed by atoms with van der Waals surface area (Å²) in [6.07, 6.45) is -0.360. The fraction of sp³-hybridized carbons (Fsp3) is 0.389. The number of fused-ring (bicyclic) bond motifs is 1. The minimum Gasteiger partial charge on any atom is -0.479 e. The number of anilines is 2. The number of amides is 2. The average Bonchev–Trinajstić information content (AvgIpc) is 2.81. The average molecular weight is 342 g/mol. The lowest BCUT2D eigenvalue weighted by Crippen LogP contribution is -2.45. The first-order valence-corrected chi connectivity index (χ1v) is 8.25. The smallest absolute Gasteiger partial charge is 0.267 e. The number of ether oxygens (including phenoxy) is 1. The third-order valence-corrected chi connectivity index (χ3v) is 4.41. The van der Waals surface area contributed by atoms with E-state index < -0.39 is 6.10 Å². The number of aromatic nitrogens is 2. The molecule has 3 rings (SSSR count). The molecule has 0 spiro atoms. The summed E-state index contributed by atoms with van der Waals surface area (Å²) in [5.41, 5.74) is 3.10. The zero-order valence-electron chi connectivity index (χ0n) is 14.9. The van der Waals surface area contributed by atoms with Gasteiger partial charge in [-0.3, -0.25) is 14.3 Å². The van der Waals surface area contributed by atoms with Crippen LogP contribution in [-0.4, -0.2) is 34.2 Å². The van der Waals surface area contributed by atoms with Crippen LogP contribution in [0.3, 0.4) is 0 Å². The van der Waals surface area contributed by atoms with Gasteiger partial charge in [-0.15, -0.1) is 0 Å². The van der Waals surface area contributed by atoms with Gasteiger partial charge in [0, 0.05) is 20.0 Å². The highest BCUT2D eigenvalue weighted by Crippen LogP contribution is 2.33. The second kappa shape index (κ2) is 6.58. The molecule has 0 fully saturated rings. The van der Waals surface area contributed by atoms with Gasteiger partial charge in [0.05, 0.1) is 22.8 Å². The van der Waals surface area contributed by atoms with E-state index in [1.807, 2.05) is 45.2 Å². The van der Waals surface area contributed by atoms with Gasteiger partial charge in [0.2, 0.25) is 5.91 Å². The Morgan fingerprint density at radius 3 is 2.72 bits per heavy atom. The minimum absolute atomic E-state index is 0.139. The summed E-state index contributed by atoms with van der Waals surface area (Å²) >= 11 is 0. The minimum atomic E-state index is -0.555. The van der Waals surface area contributed by atoms with Crippen molar-refractivity contribution in [3.63, 3.8) is 0 Å². The van der Waals surface area contributed by atoms with Crippen LogP contribution >= 0.6 is 0 Å². The van der Waals surface area contributed by atoms with Gasteiger partial charge in [-0.25, -0.2) is 0 Å². The lowest BCUT2D eigenvalue weighted by Gasteiger charge is -2.32. The second-order valence-corrected chi connectivity index (χ2v) is 6.19. The molecular weight excluding hydrogens is 320 g/mol. The third-order valence-electron chi connectivity index (χ3n) is 4.41. The number of benzene rings is 1. The molecule has 0 aliphatic carbocycles. The quantitative estimate of drug-likeness (QED) is 0.924. The first kappa shape index (κ1) is 17.0. The van der Waals surface area contributed by atoms with E-state index in [4.69, 9.17) is 4.74 Å². The van der Waals surface area contributed by atoms with Gasteiger partial charge >= 0.3 is 0 Å². The molecule has 25 heavy (non-hydrogen) atoms. The fourth-order valence-electron chi connectivity index (χ4n) is 2.96. The van der Waals surface area contributed by atoms with Crippen molar-refractivity contribution >= 4 is 23.2 Å². The van der Waals surface area contributed by atoms with Crippen LogP contribution < -0.4 is 15.0 Å². The monoisotopic (exact) mass is 342 g/mol. The Morgan fingerprint density at radius 2 is 2.04 bits per heavy atom. The molecule has 0 radical (unpaired) electrons. The fourth-order valence-corrected chi connectivity index (χ4v) is 2.96. The molecule has 1 N–H and O–H groups in total. The van der Waals surface area contributed by atoms with E-state index in [0.29, 0.717) is 18.0 Å². The van der Waals surface area contributed by atoms with E-state index in [-0.39, 0.29) is 18.2 Å². The standard InChI is InChI=1S/C18H22N4O3/c1-11-17(12(2)21(4)20-11)19-16(23)9-10-22-14-7-5-6-8-15(14)25-13(3)18(22)24/h5-8,13H,9-10H2,1-4H3,(H,19,23)/t13-/m0/s1. The first-order valence-electron chi connectivity index (χ1n) is 8.25. The molecule has 2 aromatic rings. The van der Waals surface area contributed by atoms with E-state index >= 15 is 0 Å². The Morgan fingerprint density at radius 1 is 1.32 bits per heavy atom. The molecule has 1 aromatic carbocycles. The van der Waals surface area contributed by atoms with Gasteiger partial charge in [0.25, 0.3) is 5.91 Å². The van der Waals surface area contributed by atoms with Gasteiger partial charge < -0.3 is 15.0 Å². The summed E-state index contributed by atoms with van der Waals surface area (Å²) in [7, 11) is 1.84. The van der Waals surface area contributed by atoms with Crippen LogP contribution in [0.4, 0.5) is 11.4 Å². The molecular formula is C18H22N4O3.